The van der Waals surface area contributed by atoms with Gasteiger partial charge >= 0.3 is 0 Å². The molecule has 15 heavy (non-hydrogen) atoms. The van der Waals surface area contributed by atoms with E-state index < -0.39 is 0 Å². The fraction of sp³-hybridized carbons (Fsp3) is 0.455. The predicted molar refractivity (Wildman–Crippen MR) is 64.6 cm³/mol. The van der Waals surface area contributed by atoms with Crippen LogP contribution in [0.3, 0.4) is 0 Å². The van der Waals surface area contributed by atoms with Crippen LogP contribution in [0.15, 0.2) is 18.2 Å². The second-order valence-corrected chi connectivity index (χ2v) is 4.46. The Bertz CT molecular complexity index is 330. The van der Waals surface area contributed by atoms with Crippen LogP contribution in [0.1, 0.15) is 25.5 Å². The van der Waals surface area contributed by atoms with E-state index in [1.165, 1.54) is 0 Å². The molecular weight excluding hydrogens is 233 g/mol. The molecular formula is C11H15Cl2NO. The van der Waals surface area contributed by atoms with Gasteiger partial charge in [0.05, 0.1) is 16.7 Å². The summed E-state index contributed by atoms with van der Waals surface area (Å²) < 4.78 is 0. The Balaban J connectivity index is 2.73. The molecule has 4 heteroatoms. The Morgan fingerprint density at radius 2 is 1.93 bits per heavy atom. The molecule has 0 aliphatic carbocycles. The number of hydrogen-bond acceptors (Lipinski definition) is 2. The minimum Gasteiger partial charge on any atom is -0.395 e. The fourth-order valence-electron chi connectivity index (χ4n) is 1.36. The first-order chi connectivity index (χ1) is 7.04. The molecule has 0 saturated carbocycles. The van der Waals surface area contributed by atoms with Gasteiger partial charge in [0.1, 0.15) is 0 Å². The third kappa shape index (κ3) is 3.65. The third-order valence-corrected chi connectivity index (χ3v) is 2.99. The number of aliphatic hydroxyl groups excluding tert-OH is 1. The topological polar surface area (TPSA) is 32.3 Å². The molecule has 0 fully saturated rings. The van der Waals surface area contributed by atoms with Gasteiger partial charge in [-0.2, -0.15) is 0 Å². The molecule has 84 valence electrons. The molecule has 0 radical (unpaired) electrons. The van der Waals surface area contributed by atoms with E-state index in [1.807, 2.05) is 26.0 Å². The molecule has 1 rings (SSSR count). The second kappa shape index (κ2) is 5.71. The van der Waals surface area contributed by atoms with Crippen LogP contribution < -0.4 is 5.32 Å². The van der Waals surface area contributed by atoms with Crippen LogP contribution in [-0.2, 0) is 0 Å². The Labute approximate surface area is 100 Å². The molecule has 0 unspecified atom stereocenters. The number of hydrogen-bond donors (Lipinski definition) is 2. The predicted octanol–water partition coefficient (Wildman–Crippen LogP) is 3.02. The summed E-state index contributed by atoms with van der Waals surface area (Å²) >= 11 is 11.7. The van der Waals surface area contributed by atoms with Gasteiger partial charge in [-0.3, -0.25) is 0 Å². The van der Waals surface area contributed by atoms with Gasteiger partial charge < -0.3 is 10.4 Å². The zero-order chi connectivity index (χ0) is 11.4. The number of aliphatic hydroxyl groups is 1. The molecule has 2 nitrogen and oxygen atoms in total. The largest absolute Gasteiger partial charge is 0.395 e. The molecule has 2 atom stereocenters. The van der Waals surface area contributed by atoms with Gasteiger partial charge in [0.15, 0.2) is 0 Å². The summed E-state index contributed by atoms with van der Waals surface area (Å²) in [5.41, 5.74) is 1.06. The van der Waals surface area contributed by atoms with Crippen molar-refractivity contribution in [3.8, 4) is 0 Å². The molecule has 2 N–H and O–H groups in total. The molecule has 0 saturated heterocycles. The summed E-state index contributed by atoms with van der Waals surface area (Å²) in [5, 5.41) is 13.3. The summed E-state index contributed by atoms with van der Waals surface area (Å²) in [6.07, 6.45) is 0. The van der Waals surface area contributed by atoms with Gasteiger partial charge in [-0.15, -0.1) is 0 Å². The van der Waals surface area contributed by atoms with E-state index in [-0.39, 0.29) is 18.7 Å². The lowest BCUT2D eigenvalue weighted by molar-refractivity contribution is 0.243. The first kappa shape index (κ1) is 12.8. The minimum atomic E-state index is 0.0643. The fourth-order valence-corrected chi connectivity index (χ4v) is 1.66. The smallest absolute Gasteiger partial charge is 0.0595 e. The molecule has 0 bridgehead atoms. The molecule has 0 aliphatic rings. The van der Waals surface area contributed by atoms with Gasteiger partial charge in [0.2, 0.25) is 0 Å². The summed E-state index contributed by atoms with van der Waals surface area (Å²) in [6, 6.07) is 5.75. The average Bonchev–Trinajstić information content (AvgIpc) is 2.21. The zero-order valence-corrected chi connectivity index (χ0v) is 10.3. The maximum absolute atomic E-state index is 8.92. The molecule has 0 aliphatic heterocycles. The quantitative estimate of drug-likeness (QED) is 0.858. The highest BCUT2D eigenvalue weighted by molar-refractivity contribution is 6.42. The first-order valence-corrected chi connectivity index (χ1v) is 5.62. The van der Waals surface area contributed by atoms with Crippen LogP contribution >= 0.6 is 23.2 Å². The highest BCUT2D eigenvalue weighted by atomic mass is 35.5. The maximum Gasteiger partial charge on any atom is 0.0595 e. The second-order valence-electron chi connectivity index (χ2n) is 3.65. The number of rotatable bonds is 4. The van der Waals surface area contributed by atoms with Crippen LogP contribution in [0.4, 0.5) is 0 Å². The van der Waals surface area contributed by atoms with E-state index in [1.54, 1.807) is 6.07 Å². The molecule has 0 aromatic heterocycles. The van der Waals surface area contributed by atoms with E-state index in [4.69, 9.17) is 28.3 Å². The lowest BCUT2D eigenvalue weighted by atomic mass is 10.1. The monoisotopic (exact) mass is 247 g/mol. The lowest BCUT2D eigenvalue weighted by Gasteiger charge is -2.19. The normalized spacial score (nSPS) is 15.0. The Kier molecular flexibility index (Phi) is 4.87. The number of benzene rings is 1. The maximum atomic E-state index is 8.92. The first-order valence-electron chi connectivity index (χ1n) is 4.86. The van der Waals surface area contributed by atoms with Gasteiger partial charge in [0.25, 0.3) is 0 Å². The van der Waals surface area contributed by atoms with Gasteiger partial charge in [-0.25, -0.2) is 0 Å². The van der Waals surface area contributed by atoms with Crippen molar-refractivity contribution in [3.05, 3.63) is 33.8 Å². The van der Waals surface area contributed by atoms with Crippen molar-refractivity contribution in [2.45, 2.75) is 25.9 Å². The Morgan fingerprint density at radius 3 is 2.47 bits per heavy atom. The van der Waals surface area contributed by atoms with Crippen LogP contribution in [0, 0.1) is 0 Å². The van der Waals surface area contributed by atoms with Crippen molar-refractivity contribution in [1.29, 1.82) is 0 Å². The van der Waals surface area contributed by atoms with Gasteiger partial charge in [0, 0.05) is 12.1 Å². The Hall–Kier alpha value is -0.280. The van der Waals surface area contributed by atoms with Crippen molar-refractivity contribution in [1.82, 2.24) is 5.32 Å². The standard InChI is InChI=1S/C11H15Cl2NO/c1-7(6-15)14-8(2)9-3-4-10(12)11(13)5-9/h3-5,7-8,14-15H,6H2,1-2H3/t7-,8+/m1/s1. The highest BCUT2D eigenvalue weighted by Gasteiger charge is 2.09. The summed E-state index contributed by atoms with van der Waals surface area (Å²) in [5.74, 6) is 0. The van der Waals surface area contributed by atoms with E-state index in [2.05, 4.69) is 5.32 Å². The molecule has 1 aromatic rings. The van der Waals surface area contributed by atoms with E-state index >= 15 is 0 Å². The van der Waals surface area contributed by atoms with Crippen molar-refractivity contribution in [2.24, 2.45) is 0 Å². The van der Waals surface area contributed by atoms with E-state index in [0.29, 0.717) is 10.0 Å². The van der Waals surface area contributed by atoms with Crippen LogP contribution in [0.25, 0.3) is 0 Å². The van der Waals surface area contributed by atoms with Crippen LogP contribution in [0.2, 0.25) is 10.0 Å². The summed E-state index contributed by atoms with van der Waals surface area (Å²) in [7, 11) is 0. The van der Waals surface area contributed by atoms with Crippen molar-refractivity contribution >= 4 is 23.2 Å². The zero-order valence-electron chi connectivity index (χ0n) is 8.80. The van der Waals surface area contributed by atoms with Crippen molar-refractivity contribution in [3.63, 3.8) is 0 Å². The minimum absolute atomic E-state index is 0.0643. The SMILES string of the molecule is C[C@H](CO)N[C@@H](C)c1ccc(Cl)c(Cl)c1. The molecule has 1 aromatic carbocycles. The number of nitrogens with one attached hydrogen (secondary N) is 1. The highest BCUT2D eigenvalue weighted by Crippen LogP contribution is 2.25. The van der Waals surface area contributed by atoms with Crippen molar-refractivity contribution in [2.75, 3.05) is 6.61 Å². The lowest BCUT2D eigenvalue weighted by Crippen LogP contribution is -2.31. The van der Waals surface area contributed by atoms with Crippen LogP contribution in [0.5, 0.6) is 0 Å². The third-order valence-electron chi connectivity index (χ3n) is 2.25. The average molecular weight is 248 g/mol. The number of halogens is 2. The van der Waals surface area contributed by atoms with E-state index in [0.717, 1.165) is 5.56 Å². The van der Waals surface area contributed by atoms with E-state index in [9.17, 15) is 0 Å². The summed E-state index contributed by atoms with van der Waals surface area (Å²) in [4.78, 5) is 0. The molecule has 0 spiro atoms. The van der Waals surface area contributed by atoms with Gasteiger partial charge in [-0.05, 0) is 31.5 Å². The summed E-state index contributed by atoms with van der Waals surface area (Å²) in [6.45, 7) is 4.06. The molecule has 0 heterocycles. The van der Waals surface area contributed by atoms with Crippen molar-refractivity contribution < 1.29 is 5.11 Å². The molecule has 0 amide bonds. The Morgan fingerprint density at radius 1 is 1.27 bits per heavy atom. The van der Waals surface area contributed by atoms with Crippen LogP contribution in [-0.4, -0.2) is 17.8 Å². The van der Waals surface area contributed by atoms with Gasteiger partial charge in [-0.1, -0.05) is 29.3 Å².